The summed E-state index contributed by atoms with van der Waals surface area (Å²) in [5.41, 5.74) is 6.36. The first-order valence-electron chi connectivity index (χ1n) is 13.7. The maximum Gasteiger partial charge on any atom is 0.0540 e. The van der Waals surface area contributed by atoms with Crippen molar-refractivity contribution in [2.75, 3.05) is 4.90 Å². The number of halogens is 1. The number of hydrogen-bond acceptors (Lipinski definition) is 2. The zero-order valence-electron chi connectivity index (χ0n) is 22.1. The van der Waals surface area contributed by atoms with Crippen LogP contribution in [-0.2, 0) is 5.41 Å². The third kappa shape index (κ3) is 2.87. The van der Waals surface area contributed by atoms with Gasteiger partial charge in [-0.25, -0.2) is 0 Å². The summed E-state index contributed by atoms with van der Waals surface area (Å²) < 4.78 is 3.82. The minimum Gasteiger partial charge on any atom is -0.309 e. The van der Waals surface area contributed by atoms with Crippen LogP contribution in [0, 0.1) is 0 Å². The topological polar surface area (TPSA) is 3.24 Å². The normalized spacial score (nSPS) is 14.5. The molecule has 0 aliphatic carbocycles. The van der Waals surface area contributed by atoms with E-state index in [0.717, 1.165) is 4.47 Å². The minimum absolute atomic E-state index is 0.131. The Labute approximate surface area is 244 Å². The molecule has 40 heavy (non-hydrogen) atoms. The molecule has 0 N–H and O–H groups in total. The lowest BCUT2D eigenvalue weighted by Gasteiger charge is -2.42. The van der Waals surface area contributed by atoms with Crippen LogP contribution in [0.1, 0.15) is 25.0 Å². The lowest BCUT2D eigenvalue weighted by atomic mass is 9.73. The summed E-state index contributed by atoms with van der Waals surface area (Å²) >= 11 is 5.71. The van der Waals surface area contributed by atoms with Crippen molar-refractivity contribution in [1.29, 1.82) is 0 Å². The fraction of sp³-hybridized carbons (Fsp3) is 0.0811. The van der Waals surface area contributed by atoms with E-state index in [0.29, 0.717) is 0 Å². The predicted octanol–water partition coefficient (Wildman–Crippen LogP) is 11.8. The van der Waals surface area contributed by atoms with Crippen LogP contribution < -0.4 is 4.90 Å². The molecule has 2 heterocycles. The molecule has 1 aliphatic rings. The Morgan fingerprint density at radius 2 is 1.25 bits per heavy atom. The van der Waals surface area contributed by atoms with Gasteiger partial charge in [-0.05, 0) is 74.5 Å². The zero-order valence-corrected chi connectivity index (χ0v) is 24.5. The van der Waals surface area contributed by atoms with Gasteiger partial charge in [-0.15, -0.1) is 11.3 Å². The quantitative estimate of drug-likeness (QED) is 0.171. The Bertz CT molecular complexity index is 2330. The molecule has 8 aromatic rings. The maximum atomic E-state index is 3.82. The fourth-order valence-electron chi connectivity index (χ4n) is 7.12. The van der Waals surface area contributed by atoms with Crippen molar-refractivity contribution < 1.29 is 0 Å². The summed E-state index contributed by atoms with van der Waals surface area (Å²) in [6, 6.07) is 40.9. The van der Waals surface area contributed by atoms with E-state index >= 15 is 0 Å². The molecule has 0 fully saturated rings. The highest BCUT2D eigenvalue weighted by molar-refractivity contribution is 9.10. The summed E-state index contributed by atoms with van der Waals surface area (Å²) in [6.07, 6.45) is 0. The van der Waals surface area contributed by atoms with Crippen LogP contribution in [-0.4, -0.2) is 0 Å². The highest BCUT2D eigenvalue weighted by Gasteiger charge is 2.38. The van der Waals surface area contributed by atoms with Gasteiger partial charge in [0.05, 0.1) is 17.1 Å². The number of rotatable bonds is 1. The van der Waals surface area contributed by atoms with Gasteiger partial charge in [0, 0.05) is 35.4 Å². The molecular formula is C37H24BrNS. The van der Waals surface area contributed by atoms with Crippen LogP contribution in [0.15, 0.2) is 114 Å². The first-order valence-corrected chi connectivity index (χ1v) is 15.3. The smallest absolute Gasteiger partial charge is 0.0540 e. The minimum atomic E-state index is -0.131. The number of benzene rings is 7. The number of anilines is 3. The molecule has 3 heteroatoms. The van der Waals surface area contributed by atoms with Crippen molar-refractivity contribution in [1.82, 2.24) is 0 Å². The monoisotopic (exact) mass is 593 g/mol. The van der Waals surface area contributed by atoms with E-state index in [2.05, 4.69) is 144 Å². The molecule has 7 aromatic carbocycles. The second-order valence-corrected chi connectivity index (χ2v) is 13.4. The van der Waals surface area contributed by atoms with E-state index in [4.69, 9.17) is 0 Å². The average molecular weight is 595 g/mol. The average Bonchev–Trinajstić information content (AvgIpc) is 3.34. The number of para-hydroxylation sites is 1. The molecule has 0 radical (unpaired) electrons. The largest absolute Gasteiger partial charge is 0.309 e. The standard InChI is InChI=1S/C37H24BrNS/c1-37(2)27-8-4-5-9-31(27)39(32-20-34-26(19-28(32)37)23-7-3-6-10-33(23)40-34)30-18-14-22-11-15-24-29(38)17-13-21-12-16-25(30)36(22)35(21)24/h3-20H,1-2H3. The van der Waals surface area contributed by atoms with Gasteiger partial charge >= 0.3 is 0 Å². The van der Waals surface area contributed by atoms with E-state index in [1.807, 2.05) is 11.3 Å². The van der Waals surface area contributed by atoms with Crippen molar-refractivity contribution in [3.05, 3.63) is 125 Å². The number of fused-ring (bicyclic) bond motifs is 5. The number of thiophene rings is 1. The fourth-order valence-corrected chi connectivity index (χ4v) is 8.71. The summed E-state index contributed by atoms with van der Waals surface area (Å²) in [6.45, 7) is 4.76. The molecule has 190 valence electrons. The van der Waals surface area contributed by atoms with Crippen molar-refractivity contribution in [2.45, 2.75) is 19.3 Å². The lowest BCUT2D eigenvalue weighted by Crippen LogP contribution is -2.30. The second-order valence-electron chi connectivity index (χ2n) is 11.5. The Hall–Kier alpha value is -3.92. The van der Waals surface area contributed by atoms with Crippen LogP contribution in [0.3, 0.4) is 0 Å². The Balaban J connectivity index is 1.42. The van der Waals surface area contributed by atoms with Gasteiger partial charge in [0.25, 0.3) is 0 Å². The highest BCUT2D eigenvalue weighted by Crippen LogP contribution is 2.55. The summed E-state index contributed by atoms with van der Waals surface area (Å²) in [5.74, 6) is 0. The third-order valence-electron chi connectivity index (χ3n) is 9.06. The van der Waals surface area contributed by atoms with Crippen LogP contribution in [0.5, 0.6) is 0 Å². The molecule has 0 unspecified atom stereocenters. The van der Waals surface area contributed by atoms with Gasteiger partial charge in [-0.2, -0.15) is 0 Å². The molecule has 1 aromatic heterocycles. The summed E-state index contributed by atoms with van der Waals surface area (Å²) in [5, 5.41) is 10.5. The molecule has 0 spiro atoms. The number of hydrogen-bond donors (Lipinski definition) is 0. The zero-order chi connectivity index (χ0) is 26.7. The Morgan fingerprint density at radius 1 is 0.550 bits per heavy atom. The molecule has 0 atom stereocenters. The molecule has 0 bridgehead atoms. The maximum absolute atomic E-state index is 3.82. The van der Waals surface area contributed by atoms with Crippen molar-refractivity contribution in [2.24, 2.45) is 0 Å². The Kier molecular flexibility index (Phi) is 4.48. The lowest BCUT2D eigenvalue weighted by molar-refractivity contribution is 0.633. The molecular weight excluding hydrogens is 570 g/mol. The van der Waals surface area contributed by atoms with Gasteiger partial charge in [-0.1, -0.05) is 103 Å². The summed E-state index contributed by atoms with van der Waals surface area (Å²) in [7, 11) is 0. The van der Waals surface area contributed by atoms with E-state index in [1.165, 1.54) is 80.7 Å². The van der Waals surface area contributed by atoms with E-state index in [9.17, 15) is 0 Å². The van der Waals surface area contributed by atoms with Gasteiger partial charge in [0.15, 0.2) is 0 Å². The van der Waals surface area contributed by atoms with Crippen molar-refractivity contribution in [3.63, 3.8) is 0 Å². The molecule has 1 nitrogen and oxygen atoms in total. The van der Waals surface area contributed by atoms with Gasteiger partial charge in [0.2, 0.25) is 0 Å². The van der Waals surface area contributed by atoms with E-state index < -0.39 is 0 Å². The predicted molar refractivity (Wildman–Crippen MR) is 178 cm³/mol. The summed E-state index contributed by atoms with van der Waals surface area (Å²) in [4.78, 5) is 2.53. The van der Waals surface area contributed by atoms with E-state index in [1.54, 1.807) is 0 Å². The van der Waals surface area contributed by atoms with Crippen LogP contribution in [0.4, 0.5) is 17.1 Å². The van der Waals surface area contributed by atoms with Crippen LogP contribution >= 0.6 is 27.3 Å². The van der Waals surface area contributed by atoms with Crippen LogP contribution in [0.2, 0.25) is 0 Å². The first kappa shape index (κ1) is 22.9. The third-order valence-corrected chi connectivity index (χ3v) is 10.9. The molecule has 9 rings (SSSR count). The first-order chi connectivity index (χ1) is 19.5. The van der Waals surface area contributed by atoms with Gasteiger partial charge in [0.1, 0.15) is 0 Å². The van der Waals surface area contributed by atoms with Gasteiger partial charge in [-0.3, -0.25) is 0 Å². The van der Waals surface area contributed by atoms with Gasteiger partial charge < -0.3 is 4.90 Å². The van der Waals surface area contributed by atoms with Crippen molar-refractivity contribution in [3.8, 4) is 0 Å². The second kappa shape index (κ2) is 7.84. The molecule has 1 aliphatic heterocycles. The molecule has 0 saturated carbocycles. The van der Waals surface area contributed by atoms with E-state index in [-0.39, 0.29) is 5.41 Å². The number of nitrogens with zero attached hydrogens (tertiary/aromatic N) is 1. The highest BCUT2D eigenvalue weighted by atomic mass is 79.9. The molecule has 0 saturated heterocycles. The van der Waals surface area contributed by atoms with Crippen molar-refractivity contribution >= 4 is 96.8 Å². The Morgan fingerprint density at radius 3 is 2.12 bits per heavy atom. The SMILES string of the molecule is CC1(C)c2ccccc2N(c2ccc3ccc4c(Br)ccc5ccc2c3c54)c2cc3sc4ccccc4c3cc21. The van der Waals surface area contributed by atoms with Crippen LogP contribution in [0.25, 0.3) is 52.5 Å². The molecule has 0 amide bonds.